The molecule has 22 heavy (non-hydrogen) atoms. The van der Waals surface area contributed by atoms with Gasteiger partial charge in [0.25, 0.3) is 0 Å². The van der Waals surface area contributed by atoms with Crippen LogP contribution in [-0.2, 0) is 6.54 Å². The number of benzene rings is 1. The highest BCUT2D eigenvalue weighted by Crippen LogP contribution is 2.35. The van der Waals surface area contributed by atoms with Crippen LogP contribution in [0.2, 0.25) is 5.02 Å². The van der Waals surface area contributed by atoms with Gasteiger partial charge in [0.2, 0.25) is 0 Å². The molecule has 1 saturated heterocycles. The molecule has 124 valence electrons. The Morgan fingerprint density at radius 3 is 2.59 bits per heavy atom. The topological polar surface area (TPSA) is 24.9 Å². The molecule has 1 aromatic carbocycles. The van der Waals surface area contributed by atoms with Crippen molar-refractivity contribution in [2.45, 2.75) is 39.0 Å². The summed E-state index contributed by atoms with van der Waals surface area (Å²) in [6.07, 6.45) is 1.30. The summed E-state index contributed by atoms with van der Waals surface area (Å²) in [4.78, 5) is 4.73. The van der Waals surface area contributed by atoms with Crippen LogP contribution in [0.3, 0.4) is 0 Å². The Morgan fingerprint density at radius 2 is 2.05 bits per heavy atom. The second-order valence-electron chi connectivity index (χ2n) is 6.40. The lowest BCUT2D eigenvalue weighted by molar-refractivity contribution is 0.229. The minimum absolute atomic E-state index is 0.0928. The van der Waals surface area contributed by atoms with Crippen LogP contribution in [0.5, 0.6) is 11.5 Å². The summed E-state index contributed by atoms with van der Waals surface area (Å²) in [7, 11) is 5.95. The van der Waals surface area contributed by atoms with Gasteiger partial charge in [-0.25, -0.2) is 0 Å². The summed E-state index contributed by atoms with van der Waals surface area (Å²) in [5.74, 6) is 1.45. The van der Waals surface area contributed by atoms with Crippen LogP contribution in [0, 0.1) is 0 Å². The molecular formula is C17H27ClN2O2. The molecule has 1 aliphatic rings. The number of likely N-dealkylation sites (tertiary alicyclic amines) is 1. The Balaban J connectivity index is 2.11. The molecule has 0 N–H and O–H groups in total. The summed E-state index contributed by atoms with van der Waals surface area (Å²) in [5.41, 5.74) is 1.09. The fourth-order valence-corrected chi connectivity index (χ4v) is 3.04. The van der Waals surface area contributed by atoms with Crippen molar-refractivity contribution >= 4 is 11.6 Å². The van der Waals surface area contributed by atoms with E-state index in [1.807, 2.05) is 26.0 Å². The number of halogens is 1. The van der Waals surface area contributed by atoms with E-state index in [9.17, 15) is 0 Å². The van der Waals surface area contributed by atoms with E-state index in [-0.39, 0.29) is 6.10 Å². The molecule has 1 aromatic rings. The third-order valence-corrected chi connectivity index (χ3v) is 4.42. The smallest absolute Gasteiger partial charge is 0.163 e. The zero-order valence-corrected chi connectivity index (χ0v) is 15.0. The normalized spacial score (nSPS) is 19.2. The Bertz CT molecular complexity index is 506. The summed E-state index contributed by atoms with van der Waals surface area (Å²) in [6.45, 7) is 7.02. The molecule has 1 atom stereocenters. The molecule has 0 unspecified atom stereocenters. The first-order valence-corrected chi connectivity index (χ1v) is 8.20. The van der Waals surface area contributed by atoms with E-state index in [0.717, 1.165) is 36.0 Å². The lowest BCUT2D eigenvalue weighted by Gasteiger charge is -2.21. The molecule has 5 heteroatoms. The highest BCUT2D eigenvalue weighted by molar-refractivity contribution is 6.31. The van der Waals surface area contributed by atoms with Crippen molar-refractivity contribution in [2.24, 2.45) is 0 Å². The molecule has 1 aliphatic heterocycles. The average Bonchev–Trinajstić information content (AvgIpc) is 2.90. The van der Waals surface area contributed by atoms with E-state index >= 15 is 0 Å². The third kappa shape index (κ3) is 4.28. The van der Waals surface area contributed by atoms with Gasteiger partial charge in [0.05, 0.1) is 13.2 Å². The van der Waals surface area contributed by atoms with Crippen molar-refractivity contribution < 1.29 is 9.47 Å². The first kappa shape index (κ1) is 17.4. The zero-order valence-electron chi connectivity index (χ0n) is 14.2. The van der Waals surface area contributed by atoms with Crippen LogP contribution in [0.1, 0.15) is 25.8 Å². The van der Waals surface area contributed by atoms with Crippen molar-refractivity contribution in [1.82, 2.24) is 9.80 Å². The molecule has 0 spiro atoms. The van der Waals surface area contributed by atoms with Crippen LogP contribution >= 0.6 is 11.6 Å². The molecular weight excluding hydrogens is 300 g/mol. The number of hydrogen-bond acceptors (Lipinski definition) is 4. The largest absolute Gasteiger partial charge is 0.493 e. The lowest BCUT2D eigenvalue weighted by Crippen LogP contribution is -2.31. The maximum Gasteiger partial charge on any atom is 0.163 e. The molecule has 0 radical (unpaired) electrons. The molecule has 0 aliphatic carbocycles. The van der Waals surface area contributed by atoms with E-state index in [1.165, 1.54) is 6.42 Å². The van der Waals surface area contributed by atoms with Crippen LogP contribution < -0.4 is 9.47 Å². The van der Waals surface area contributed by atoms with Crippen LogP contribution in [-0.4, -0.2) is 56.2 Å². The van der Waals surface area contributed by atoms with Gasteiger partial charge in [0.1, 0.15) is 0 Å². The average molecular weight is 327 g/mol. The van der Waals surface area contributed by atoms with Gasteiger partial charge < -0.3 is 14.4 Å². The van der Waals surface area contributed by atoms with Gasteiger partial charge in [-0.05, 0) is 46.0 Å². The van der Waals surface area contributed by atoms with E-state index in [0.29, 0.717) is 11.8 Å². The third-order valence-electron chi connectivity index (χ3n) is 4.07. The summed E-state index contributed by atoms with van der Waals surface area (Å²) < 4.78 is 11.2. The summed E-state index contributed by atoms with van der Waals surface area (Å²) in [5, 5.41) is 0.741. The number of hydrogen-bond donors (Lipinski definition) is 0. The Kier molecular flexibility index (Phi) is 5.95. The van der Waals surface area contributed by atoms with Crippen molar-refractivity contribution in [3.63, 3.8) is 0 Å². The van der Waals surface area contributed by atoms with Crippen molar-refractivity contribution in [3.8, 4) is 11.5 Å². The van der Waals surface area contributed by atoms with Gasteiger partial charge in [-0.2, -0.15) is 0 Å². The predicted molar refractivity (Wildman–Crippen MR) is 91.1 cm³/mol. The van der Waals surface area contributed by atoms with Crippen LogP contribution in [0.4, 0.5) is 0 Å². The Morgan fingerprint density at radius 1 is 1.32 bits per heavy atom. The van der Waals surface area contributed by atoms with Gasteiger partial charge in [-0.1, -0.05) is 11.6 Å². The van der Waals surface area contributed by atoms with Crippen molar-refractivity contribution in [3.05, 3.63) is 22.7 Å². The highest BCUT2D eigenvalue weighted by Gasteiger charge is 2.24. The van der Waals surface area contributed by atoms with Gasteiger partial charge >= 0.3 is 0 Å². The number of methoxy groups -OCH3 is 1. The number of rotatable bonds is 6. The molecule has 0 saturated carbocycles. The second-order valence-corrected chi connectivity index (χ2v) is 6.81. The SMILES string of the molecule is COc1cc(CN2CC[C@H](N(C)C)C2)c(Cl)cc1OC(C)C. The fraction of sp³-hybridized carbons (Fsp3) is 0.647. The maximum atomic E-state index is 6.45. The molecule has 1 fully saturated rings. The molecule has 1 heterocycles. The van der Waals surface area contributed by atoms with E-state index in [1.54, 1.807) is 7.11 Å². The molecule has 2 rings (SSSR count). The number of likely N-dealkylation sites (N-methyl/N-ethyl adjacent to an activating group) is 1. The highest BCUT2D eigenvalue weighted by atomic mass is 35.5. The summed E-state index contributed by atoms with van der Waals surface area (Å²) >= 11 is 6.45. The molecule has 0 bridgehead atoms. The fourth-order valence-electron chi connectivity index (χ4n) is 2.82. The molecule has 4 nitrogen and oxygen atoms in total. The van der Waals surface area contributed by atoms with Gasteiger partial charge in [-0.3, -0.25) is 4.90 Å². The van der Waals surface area contributed by atoms with Crippen LogP contribution in [0.25, 0.3) is 0 Å². The monoisotopic (exact) mass is 326 g/mol. The van der Waals surface area contributed by atoms with Gasteiger partial charge in [0.15, 0.2) is 11.5 Å². The van der Waals surface area contributed by atoms with E-state index in [4.69, 9.17) is 21.1 Å². The minimum Gasteiger partial charge on any atom is -0.493 e. The number of nitrogens with zero attached hydrogens (tertiary/aromatic N) is 2. The van der Waals surface area contributed by atoms with E-state index in [2.05, 4.69) is 23.9 Å². The number of ether oxygens (including phenoxy) is 2. The minimum atomic E-state index is 0.0928. The zero-order chi connectivity index (χ0) is 16.3. The lowest BCUT2D eigenvalue weighted by atomic mass is 10.2. The Hall–Kier alpha value is -0.970. The molecule has 0 aromatic heterocycles. The van der Waals surface area contributed by atoms with Crippen molar-refractivity contribution in [2.75, 3.05) is 34.3 Å². The predicted octanol–water partition coefficient (Wildman–Crippen LogP) is 3.27. The van der Waals surface area contributed by atoms with Gasteiger partial charge in [-0.15, -0.1) is 0 Å². The first-order chi connectivity index (χ1) is 10.4. The van der Waals surface area contributed by atoms with Crippen molar-refractivity contribution in [1.29, 1.82) is 0 Å². The standard InChI is InChI=1S/C17H27ClN2O2/c1-12(2)22-17-9-15(18)13(8-16(17)21-5)10-20-7-6-14(11-20)19(3)4/h8-9,12,14H,6-7,10-11H2,1-5H3/t14-/m0/s1. The van der Waals surface area contributed by atoms with Crippen LogP contribution in [0.15, 0.2) is 12.1 Å². The maximum absolute atomic E-state index is 6.45. The first-order valence-electron chi connectivity index (χ1n) is 7.82. The van der Waals surface area contributed by atoms with E-state index < -0.39 is 0 Å². The quantitative estimate of drug-likeness (QED) is 0.801. The second kappa shape index (κ2) is 7.53. The summed E-state index contributed by atoms with van der Waals surface area (Å²) in [6, 6.07) is 4.50. The van der Waals surface area contributed by atoms with Gasteiger partial charge in [0, 0.05) is 36.8 Å². The Labute approximate surface area is 138 Å². The molecule has 0 amide bonds.